The fraction of sp³-hybridized carbons (Fsp3) is 0.120. The van der Waals surface area contributed by atoms with E-state index in [1.165, 1.54) is 11.3 Å². The molecule has 4 aromatic rings. The van der Waals surface area contributed by atoms with Crippen molar-refractivity contribution in [3.05, 3.63) is 93.6 Å². The number of carbonyl (C=O) groups is 2. The maximum absolute atomic E-state index is 13.3. The molecule has 2 heterocycles. The minimum Gasteiger partial charge on any atom is -0.484 e. The van der Waals surface area contributed by atoms with E-state index in [4.69, 9.17) is 16.3 Å². The average Bonchev–Trinajstić information content (AvgIpc) is 3.28. The van der Waals surface area contributed by atoms with Crippen LogP contribution in [0.5, 0.6) is 5.75 Å². The summed E-state index contributed by atoms with van der Waals surface area (Å²) in [6.45, 7) is -0.252. The van der Waals surface area contributed by atoms with Crippen LogP contribution in [0.2, 0.25) is 5.02 Å². The van der Waals surface area contributed by atoms with Crippen LogP contribution < -0.4 is 10.1 Å². The third kappa shape index (κ3) is 4.07. The zero-order valence-electron chi connectivity index (χ0n) is 17.0. The van der Waals surface area contributed by atoms with E-state index in [2.05, 4.69) is 5.32 Å². The maximum Gasteiger partial charge on any atom is 0.261 e. The Morgan fingerprint density at radius 1 is 1.06 bits per heavy atom. The minimum atomic E-state index is -0.435. The molecule has 5 nitrogen and oxygen atoms in total. The van der Waals surface area contributed by atoms with Crippen molar-refractivity contribution in [2.24, 2.45) is 0 Å². The van der Waals surface area contributed by atoms with Crippen molar-refractivity contribution in [1.29, 1.82) is 0 Å². The zero-order chi connectivity index (χ0) is 22.1. The molecular weight excluding hydrogens is 444 g/mol. The molecule has 7 heteroatoms. The van der Waals surface area contributed by atoms with Crippen molar-refractivity contribution < 1.29 is 14.3 Å². The second-order valence-corrected chi connectivity index (χ2v) is 8.93. The molecule has 0 bridgehead atoms. The molecule has 1 aromatic heterocycles. The highest BCUT2D eigenvalue weighted by atomic mass is 35.5. The lowest BCUT2D eigenvalue weighted by Gasteiger charge is -2.29. The predicted molar refractivity (Wildman–Crippen MR) is 127 cm³/mol. The quantitative estimate of drug-likeness (QED) is 0.435. The standard InChI is InChI=1S/C25H19ClN2O3S/c26-18-8-10-21-20(13-18)25(22-6-3-11-32-22)28(14-23(29)27-21)24(30)15-31-19-9-7-16-4-1-2-5-17(16)12-19/h1-13,25H,14-15H2,(H,27,29). The van der Waals surface area contributed by atoms with Crippen LogP contribution in [-0.4, -0.2) is 29.9 Å². The first-order valence-corrected chi connectivity index (χ1v) is 11.4. The van der Waals surface area contributed by atoms with Gasteiger partial charge in [-0.25, -0.2) is 0 Å². The minimum absolute atomic E-state index is 0.0746. The molecule has 1 unspecified atom stereocenters. The smallest absolute Gasteiger partial charge is 0.261 e. The van der Waals surface area contributed by atoms with E-state index in [1.54, 1.807) is 23.1 Å². The van der Waals surface area contributed by atoms with Crippen LogP contribution in [0.4, 0.5) is 5.69 Å². The Morgan fingerprint density at radius 2 is 1.91 bits per heavy atom. The highest BCUT2D eigenvalue weighted by Crippen LogP contribution is 2.39. The first-order chi connectivity index (χ1) is 15.6. The van der Waals surface area contributed by atoms with Gasteiger partial charge in [0.15, 0.2) is 6.61 Å². The van der Waals surface area contributed by atoms with Gasteiger partial charge in [-0.05, 0) is 52.6 Å². The Balaban J connectivity index is 1.45. The summed E-state index contributed by atoms with van der Waals surface area (Å²) in [5.41, 5.74) is 1.44. The van der Waals surface area contributed by atoms with Gasteiger partial charge in [0.05, 0.1) is 6.04 Å². The summed E-state index contributed by atoms with van der Waals surface area (Å²) in [6.07, 6.45) is 0. The molecule has 1 aliphatic rings. The number of ether oxygens (including phenoxy) is 1. The molecule has 160 valence electrons. The van der Waals surface area contributed by atoms with Gasteiger partial charge in [0.2, 0.25) is 5.91 Å². The molecular formula is C25H19ClN2O3S. The normalized spacial score (nSPS) is 15.7. The molecule has 0 fully saturated rings. The SMILES string of the molecule is O=C1CN(C(=O)COc2ccc3ccccc3c2)C(c2cccs2)c2cc(Cl)ccc2N1. The lowest BCUT2D eigenvalue weighted by Crippen LogP contribution is -2.41. The summed E-state index contributed by atoms with van der Waals surface area (Å²) in [4.78, 5) is 28.4. The Bertz CT molecular complexity index is 1310. The number of thiophene rings is 1. The summed E-state index contributed by atoms with van der Waals surface area (Å²) in [5, 5.41) is 7.52. The van der Waals surface area contributed by atoms with Crippen LogP contribution in [0.15, 0.2) is 78.2 Å². The van der Waals surface area contributed by atoms with Crippen LogP contribution in [0.25, 0.3) is 10.8 Å². The van der Waals surface area contributed by atoms with Gasteiger partial charge in [0.25, 0.3) is 5.91 Å². The lowest BCUT2D eigenvalue weighted by molar-refractivity contribution is -0.138. The van der Waals surface area contributed by atoms with E-state index in [-0.39, 0.29) is 25.0 Å². The Kier molecular flexibility index (Phi) is 5.55. The summed E-state index contributed by atoms with van der Waals surface area (Å²) in [6, 6.07) is 22.4. The number of anilines is 1. The molecule has 5 rings (SSSR count). The highest BCUT2D eigenvalue weighted by molar-refractivity contribution is 7.10. The number of carbonyl (C=O) groups excluding carboxylic acids is 2. The molecule has 1 atom stereocenters. The average molecular weight is 463 g/mol. The molecule has 0 spiro atoms. The van der Waals surface area contributed by atoms with E-state index < -0.39 is 6.04 Å². The number of fused-ring (bicyclic) bond motifs is 2. The molecule has 2 amide bonds. The van der Waals surface area contributed by atoms with E-state index in [0.29, 0.717) is 16.5 Å². The summed E-state index contributed by atoms with van der Waals surface area (Å²) >= 11 is 7.80. The van der Waals surface area contributed by atoms with Crippen LogP contribution in [0.3, 0.4) is 0 Å². The Labute approximate surface area is 194 Å². The zero-order valence-corrected chi connectivity index (χ0v) is 18.5. The van der Waals surface area contributed by atoms with Crippen LogP contribution in [0.1, 0.15) is 16.5 Å². The van der Waals surface area contributed by atoms with Gasteiger partial charge in [-0.3, -0.25) is 9.59 Å². The van der Waals surface area contributed by atoms with E-state index in [9.17, 15) is 9.59 Å². The number of benzene rings is 3. The van der Waals surface area contributed by atoms with Gasteiger partial charge in [-0.1, -0.05) is 48.0 Å². The molecule has 0 radical (unpaired) electrons. The number of amides is 2. The van der Waals surface area contributed by atoms with Crippen molar-refractivity contribution in [2.75, 3.05) is 18.5 Å². The van der Waals surface area contributed by atoms with Crippen LogP contribution >= 0.6 is 22.9 Å². The number of hydrogen-bond donors (Lipinski definition) is 1. The third-order valence-electron chi connectivity index (χ3n) is 5.42. The van der Waals surface area contributed by atoms with Gasteiger partial charge in [-0.2, -0.15) is 0 Å². The van der Waals surface area contributed by atoms with Crippen molar-refractivity contribution in [3.8, 4) is 5.75 Å². The first kappa shape index (κ1) is 20.5. The summed E-state index contributed by atoms with van der Waals surface area (Å²) in [7, 11) is 0. The second-order valence-electron chi connectivity index (χ2n) is 7.52. The Hall–Kier alpha value is -3.35. The molecule has 0 saturated heterocycles. The molecule has 1 aliphatic heterocycles. The number of nitrogens with one attached hydrogen (secondary N) is 1. The summed E-state index contributed by atoms with van der Waals surface area (Å²) < 4.78 is 5.84. The number of nitrogens with zero attached hydrogens (tertiary/aromatic N) is 1. The van der Waals surface area contributed by atoms with Crippen molar-refractivity contribution in [1.82, 2.24) is 4.90 Å². The molecule has 1 N–H and O–H groups in total. The first-order valence-electron chi connectivity index (χ1n) is 10.1. The molecule has 0 aliphatic carbocycles. The van der Waals surface area contributed by atoms with Gasteiger partial charge in [0, 0.05) is 21.2 Å². The maximum atomic E-state index is 13.3. The fourth-order valence-corrected chi connectivity index (χ4v) is 4.98. The van der Waals surface area contributed by atoms with E-state index in [1.807, 2.05) is 60.0 Å². The number of hydrogen-bond acceptors (Lipinski definition) is 4. The van der Waals surface area contributed by atoms with Gasteiger partial charge in [-0.15, -0.1) is 11.3 Å². The molecule has 32 heavy (non-hydrogen) atoms. The van der Waals surface area contributed by atoms with Crippen molar-refractivity contribution >= 4 is 51.2 Å². The topological polar surface area (TPSA) is 58.6 Å². The van der Waals surface area contributed by atoms with E-state index >= 15 is 0 Å². The van der Waals surface area contributed by atoms with Crippen LogP contribution in [0, 0.1) is 0 Å². The van der Waals surface area contributed by atoms with Crippen molar-refractivity contribution in [2.45, 2.75) is 6.04 Å². The molecule has 3 aromatic carbocycles. The number of halogens is 1. The molecule has 0 saturated carbocycles. The largest absolute Gasteiger partial charge is 0.484 e. The van der Waals surface area contributed by atoms with Gasteiger partial charge >= 0.3 is 0 Å². The van der Waals surface area contributed by atoms with Gasteiger partial charge in [0.1, 0.15) is 12.3 Å². The van der Waals surface area contributed by atoms with Crippen molar-refractivity contribution in [3.63, 3.8) is 0 Å². The Morgan fingerprint density at radius 3 is 2.72 bits per heavy atom. The lowest BCUT2D eigenvalue weighted by atomic mass is 10.0. The predicted octanol–water partition coefficient (Wildman–Crippen LogP) is 5.50. The monoisotopic (exact) mass is 462 g/mol. The highest BCUT2D eigenvalue weighted by Gasteiger charge is 2.34. The fourth-order valence-electron chi connectivity index (χ4n) is 3.95. The third-order valence-corrected chi connectivity index (χ3v) is 6.58. The number of rotatable bonds is 4. The van der Waals surface area contributed by atoms with Gasteiger partial charge < -0.3 is 15.0 Å². The second kappa shape index (κ2) is 8.65. The van der Waals surface area contributed by atoms with Crippen LogP contribution in [-0.2, 0) is 9.59 Å². The van der Waals surface area contributed by atoms with E-state index in [0.717, 1.165) is 21.2 Å². The summed E-state index contributed by atoms with van der Waals surface area (Å²) in [5.74, 6) is 0.0682.